The van der Waals surface area contributed by atoms with E-state index in [-0.39, 0.29) is 0 Å². The van der Waals surface area contributed by atoms with E-state index in [1.54, 1.807) is 12.3 Å². The third kappa shape index (κ3) is 0.611. The van der Waals surface area contributed by atoms with Gasteiger partial charge >= 0.3 is 0 Å². The van der Waals surface area contributed by atoms with Crippen molar-refractivity contribution >= 4 is 22.4 Å². The lowest BCUT2D eigenvalue weighted by Crippen LogP contribution is -1.80. The number of fused-ring (bicyclic) bond motifs is 2. The Kier molecular flexibility index (Phi) is 0.889. The van der Waals surface area contributed by atoms with E-state index in [0.717, 1.165) is 16.7 Å². The van der Waals surface area contributed by atoms with Crippen molar-refractivity contribution in [3.05, 3.63) is 24.6 Å². The van der Waals surface area contributed by atoms with Crippen LogP contribution in [-0.4, -0.2) is 15.0 Å². The number of rotatable bonds is 0. The Morgan fingerprint density at radius 3 is 3.17 bits per heavy atom. The maximum atomic E-state index is 5.10. The number of aromatic nitrogens is 3. The summed E-state index contributed by atoms with van der Waals surface area (Å²) in [5.41, 5.74) is 2.99. The van der Waals surface area contributed by atoms with Gasteiger partial charge in [0, 0.05) is 12.3 Å². The van der Waals surface area contributed by atoms with E-state index < -0.39 is 0 Å². The van der Waals surface area contributed by atoms with Crippen molar-refractivity contribution in [2.45, 2.75) is 0 Å². The molecule has 3 heterocycles. The Balaban J connectivity index is 2.62. The summed E-state index contributed by atoms with van der Waals surface area (Å²) in [4.78, 5) is 11.5. The highest BCUT2D eigenvalue weighted by molar-refractivity contribution is 5.81. The molecule has 0 amide bonds. The smallest absolute Gasteiger partial charge is 0.247 e. The highest BCUT2D eigenvalue weighted by Crippen LogP contribution is 2.14. The third-order valence-corrected chi connectivity index (χ3v) is 1.78. The van der Waals surface area contributed by atoms with Crippen LogP contribution in [0.15, 0.2) is 29.0 Å². The van der Waals surface area contributed by atoms with Crippen LogP contribution in [-0.2, 0) is 0 Å². The third-order valence-electron chi connectivity index (χ3n) is 1.78. The largest absolute Gasteiger partial charge is 0.445 e. The summed E-state index contributed by atoms with van der Waals surface area (Å²) in [6.07, 6.45) is 3.40. The van der Waals surface area contributed by atoms with Crippen LogP contribution in [0.4, 0.5) is 0 Å². The van der Waals surface area contributed by atoms with Gasteiger partial charge in [-0.3, -0.25) is 0 Å². The lowest BCUT2D eigenvalue weighted by atomic mass is 10.5. The fourth-order valence-electron chi connectivity index (χ4n) is 1.23. The van der Waals surface area contributed by atoms with E-state index in [4.69, 9.17) is 4.42 Å². The SMILES string of the molecule is c1cc2nc3ccoc3nc2[nH]1. The van der Waals surface area contributed by atoms with Crippen LogP contribution in [0.5, 0.6) is 0 Å². The van der Waals surface area contributed by atoms with Gasteiger partial charge < -0.3 is 9.40 Å². The van der Waals surface area contributed by atoms with E-state index >= 15 is 0 Å². The van der Waals surface area contributed by atoms with Crippen molar-refractivity contribution in [1.82, 2.24) is 15.0 Å². The summed E-state index contributed by atoms with van der Waals surface area (Å²) in [6, 6.07) is 3.68. The van der Waals surface area contributed by atoms with Crippen molar-refractivity contribution in [3.63, 3.8) is 0 Å². The van der Waals surface area contributed by atoms with Gasteiger partial charge in [-0.2, -0.15) is 4.98 Å². The summed E-state index contributed by atoms with van der Waals surface area (Å²) < 4.78 is 5.10. The summed E-state index contributed by atoms with van der Waals surface area (Å²) in [6.45, 7) is 0. The zero-order chi connectivity index (χ0) is 7.97. The molecule has 0 aliphatic rings. The van der Waals surface area contributed by atoms with E-state index in [0.29, 0.717) is 5.71 Å². The van der Waals surface area contributed by atoms with Gasteiger partial charge in [-0.25, -0.2) is 4.98 Å². The Labute approximate surface area is 67.2 Å². The second-order valence-corrected chi connectivity index (χ2v) is 2.55. The molecule has 12 heavy (non-hydrogen) atoms. The summed E-state index contributed by atoms with van der Waals surface area (Å²) in [5.74, 6) is 0. The highest BCUT2D eigenvalue weighted by atomic mass is 16.3. The number of nitrogens with one attached hydrogen (secondary N) is 1. The summed E-state index contributed by atoms with van der Waals surface area (Å²) >= 11 is 0. The molecule has 0 aliphatic carbocycles. The number of hydrogen-bond acceptors (Lipinski definition) is 3. The minimum atomic E-state index is 0.574. The molecule has 0 aliphatic heterocycles. The van der Waals surface area contributed by atoms with Crippen LogP contribution in [0.25, 0.3) is 22.4 Å². The molecule has 0 saturated carbocycles. The number of H-pyrrole nitrogens is 1. The first-order valence-electron chi connectivity index (χ1n) is 3.62. The van der Waals surface area contributed by atoms with E-state index in [2.05, 4.69) is 15.0 Å². The van der Waals surface area contributed by atoms with Crippen LogP contribution < -0.4 is 0 Å². The monoisotopic (exact) mass is 159 g/mol. The van der Waals surface area contributed by atoms with Gasteiger partial charge in [-0.15, -0.1) is 0 Å². The first-order valence-corrected chi connectivity index (χ1v) is 3.62. The quantitative estimate of drug-likeness (QED) is 0.543. The number of hydrogen-bond donors (Lipinski definition) is 1. The van der Waals surface area contributed by atoms with E-state index in [9.17, 15) is 0 Å². The second-order valence-electron chi connectivity index (χ2n) is 2.55. The molecule has 0 bridgehead atoms. The zero-order valence-corrected chi connectivity index (χ0v) is 6.11. The lowest BCUT2D eigenvalue weighted by molar-refractivity contribution is 0.604. The highest BCUT2D eigenvalue weighted by Gasteiger charge is 2.02. The Hall–Kier alpha value is -1.84. The maximum absolute atomic E-state index is 5.10. The molecular formula is C8H5N3O. The Morgan fingerprint density at radius 2 is 2.17 bits per heavy atom. The molecule has 3 aromatic rings. The Morgan fingerprint density at radius 1 is 1.17 bits per heavy atom. The molecule has 1 N–H and O–H groups in total. The van der Waals surface area contributed by atoms with Crippen molar-refractivity contribution in [3.8, 4) is 0 Å². The normalized spacial score (nSPS) is 11.3. The fraction of sp³-hybridized carbons (Fsp3) is 0. The first-order chi connectivity index (χ1) is 5.93. The molecule has 0 spiro atoms. The van der Waals surface area contributed by atoms with Gasteiger partial charge in [-0.1, -0.05) is 0 Å². The molecule has 0 fully saturated rings. The van der Waals surface area contributed by atoms with Crippen LogP contribution in [0.3, 0.4) is 0 Å². The zero-order valence-electron chi connectivity index (χ0n) is 6.11. The molecule has 4 nitrogen and oxygen atoms in total. The van der Waals surface area contributed by atoms with Crippen LogP contribution in [0, 0.1) is 0 Å². The summed E-state index contributed by atoms with van der Waals surface area (Å²) in [5, 5.41) is 0. The number of aromatic amines is 1. The predicted octanol–water partition coefficient (Wildman–Crippen LogP) is 1.70. The van der Waals surface area contributed by atoms with Crippen molar-refractivity contribution < 1.29 is 4.42 Å². The van der Waals surface area contributed by atoms with E-state index in [1.165, 1.54) is 0 Å². The van der Waals surface area contributed by atoms with Crippen molar-refractivity contribution in [1.29, 1.82) is 0 Å². The van der Waals surface area contributed by atoms with Crippen LogP contribution in [0.1, 0.15) is 0 Å². The average molecular weight is 159 g/mol. The molecule has 0 saturated heterocycles. The van der Waals surface area contributed by atoms with Gasteiger partial charge in [-0.05, 0) is 6.07 Å². The van der Waals surface area contributed by atoms with Gasteiger partial charge in [0.1, 0.15) is 11.0 Å². The minimum absolute atomic E-state index is 0.574. The van der Waals surface area contributed by atoms with Crippen LogP contribution >= 0.6 is 0 Å². The number of nitrogens with zero attached hydrogens (tertiary/aromatic N) is 2. The van der Waals surface area contributed by atoms with Gasteiger partial charge in [0.05, 0.1) is 6.26 Å². The van der Waals surface area contributed by atoms with Crippen molar-refractivity contribution in [2.24, 2.45) is 0 Å². The molecule has 0 atom stereocenters. The topological polar surface area (TPSA) is 54.7 Å². The molecule has 3 rings (SSSR count). The molecule has 58 valence electrons. The lowest BCUT2D eigenvalue weighted by Gasteiger charge is -1.87. The maximum Gasteiger partial charge on any atom is 0.247 e. The van der Waals surface area contributed by atoms with E-state index in [1.807, 2.05) is 12.3 Å². The second kappa shape index (κ2) is 1.85. The van der Waals surface area contributed by atoms with Gasteiger partial charge in [0.15, 0.2) is 5.65 Å². The van der Waals surface area contributed by atoms with Crippen molar-refractivity contribution in [2.75, 3.05) is 0 Å². The minimum Gasteiger partial charge on any atom is -0.445 e. The first kappa shape index (κ1) is 5.77. The Bertz CT molecular complexity index is 446. The molecule has 0 aromatic carbocycles. The fourth-order valence-corrected chi connectivity index (χ4v) is 1.23. The molecule has 3 aromatic heterocycles. The molecular weight excluding hydrogens is 154 g/mol. The molecule has 4 heteroatoms. The summed E-state index contributed by atoms with van der Waals surface area (Å²) in [7, 11) is 0. The number of furan rings is 1. The molecule has 0 unspecified atom stereocenters. The van der Waals surface area contributed by atoms with Gasteiger partial charge in [0.2, 0.25) is 5.71 Å². The average Bonchev–Trinajstić information content (AvgIpc) is 2.64. The van der Waals surface area contributed by atoms with Crippen LogP contribution in [0.2, 0.25) is 0 Å². The predicted molar refractivity (Wildman–Crippen MR) is 43.7 cm³/mol. The van der Waals surface area contributed by atoms with Gasteiger partial charge in [0.25, 0.3) is 0 Å². The standard InChI is InChI=1S/C8H5N3O/c1-3-9-7-5(1)10-6-2-4-12-8(6)11-7/h1-4H,(H,9,11). The molecule has 0 radical (unpaired) electrons.